The number of carbonyl (C=O) groups is 1. The molecule has 1 aromatic carbocycles. The molecule has 0 atom stereocenters. The summed E-state index contributed by atoms with van der Waals surface area (Å²) in [5, 5.41) is 21.5. The molecule has 0 aromatic heterocycles. The van der Waals surface area contributed by atoms with Crippen LogP contribution in [0, 0.1) is 0 Å². The van der Waals surface area contributed by atoms with Crippen LogP contribution in [0.15, 0.2) is 24.3 Å². The molecule has 0 amide bonds. The Labute approximate surface area is 133 Å². The second kappa shape index (κ2) is 12.0. The first-order valence-corrected chi connectivity index (χ1v) is 8.39. The largest absolute Gasteiger partial charge is 0.508 e. The molecule has 1 aromatic rings. The molecular formula is C18H29NO3. The summed E-state index contributed by atoms with van der Waals surface area (Å²) >= 11 is 0. The van der Waals surface area contributed by atoms with E-state index in [4.69, 9.17) is 5.11 Å². The molecular weight excluding hydrogens is 278 g/mol. The number of benzene rings is 1. The highest BCUT2D eigenvalue weighted by molar-refractivity contribution is 5.66. The van der Waals surface area contributed by atoms with Gasteiger partial charge in [-0.25, -0.2) is 0 Å². The van der Waals surface area contributed by atoms with Crippen LogP contribution in [-0.2, 0) is 11.3 Å². The Bertz CT molecular complexity index is 421. The number of aliphatic carboxylic acids is 1. The molecule has 0 heterocycles. The zero-order valence-electron chi connectivity index (χ0n) is 13.4. The smallest absolute Gasteiger partial charge is 0.303 e. The highest BCUT2D eigenvalue weighted by Gasteiger charge is 1.99. The van der Waals surface area contributed by atoms with E-state index in [0.29, 0.717) is 12.2 Å². The van der Waals surface area contributed by atoms with Crippen molar-refractivity contribution in [3.05, 3.63) is 29.8 Å². The van der Waals surface area contributed by atoms with Crippen molar-refractivity contribution in [3.63, 3.8) is 0 Å². The molecule has 4 heteroatoms. The first kappa shape index (κ1) is 18.5. The Hall–Kier alpha value is -1.55. The predicted octanol–water partition coefficient (Wildman–Crippen LogP) is 4.08. The van der Waals surface area contributed by atoms with Gasteiger partial charge in [0.1, 0.15) is 5.75 Å². The summed E-state index contributed by atoms with van der Waals surface area (Å²) in [5.74, 6) is -0.325. The number of phenolic OH excluding ortho intramolecular Hbond substituents is 1. The molecule has 124 valence electrons. The van der Waals surface area contributed by atoms with E-state index in [9.17, 15) is 9.90 Å². The number of hydrogen-bond donors (Lipinski definition) is 3. The maximum Gasteiger partial charge on any atom is 0.303 e. The lowest BCUT2D eigenvalue weighted by atomic mass is 10.1. The van der Waals surface area contributed by atoms with E-state index in [0.717, 1.165) is 44.3 Å². The maximum absolute atomic E-state index is 10.3. The van der Waals surface area contributed by atoms with Crippen molar-refractivity contribution in [2.24, 2.45) is 0 Å². The number of carboxylic acid groups (broad SMARTS) is 1. The molecule has 0 radical (unpaired) electrons. The highest BCUT2D eigenvalue weighted by atomic mass is 16.4. The van der Waals surface area contributed by atoms with Gasteiger partial charge in [0, 0.05) is 18.5 Å². The lowest BCUT2D eigenvalue weighted by molar-refractivity contribution is -0.137. The molecule has 0 fully saturated rings. The fourth-order valence-corrected chi connectivity index (χ4v) is 2.47. The van der Waals surface area contributed by atoms with Crippen molar-refractivity contribution in [2.75, 3.05) is 6.54 Å². The van der Waals surface area contributed by atoms with Gasteiger partial charge < -0.3 is 15.5 Å². The van der Waals surface area contributed by atoms with Crippen molar-refractivity contribution in [1.29, 1.82) is 0 Å². The quantitative estimate of drug-likeness (QED) is 0.480. The Balaban J connectivity index is 1.84. The zero-order chi connectivity index (χ0) is 16.0. The molecule has 3 N–H and O–H groups in total. The van der Waals surface area contributed by atoms with E-state index in [2.05, 4.69) is 5.32 Å². The summed E-state index contributed by atoms with van der Waals surface area (Å²) in [7, 11) is 0. The van der Waals surface area contributed by atoms with Gasteiger partial charge in [0.2, 0.25) is 0 Å². The predicted molar refractivity (Wildman–Crippen MR) is 89.0 cm³/mol. The van der Waals surface area contributed by atoms with Gasteiger partial charge in [-0.2, -0.15) is 0 Å². The number of unbranched alkanes of at least 4 members (excludes halogenated alkanes) is 7. The molecule has 0 unspecified atom stereocenters. The third-order valence-electron chi connectivity index (χ3n) is 3.80. The number of hydrogen-bond acceptors (Lipinski definition) is 3. The molecule has 0 aliphatic heterocycles. The fraction of sp³-hybridized carbons (Fsp3) is 0.611. The van der Waals surface area contributed by atoms with Gasteiger partial charge in [0.15, 0.2) is 0 Å². The Morgan fingerprint density at radius 1 is 0.909 bits per heavy atom. The van der Waals surface area contributed by atoms with Crippen LogP contribution in [0.4, 0.5) is 0 Å². The summed E-state index contributed by atoms with van der Waals surface area (Å²) in [6, 6.07) is 7.42. The molecule has 22 heavy (non-hydrogen) atoms. The van der Waals surface area contributed by atoms with Gasteiger partial charge in [0.25, 0.3) is 0 Å². The summed E-state index contributed by atoms with van der Waals surface area (Å²) in [4.78, 5) is 10.3. The molecule has 0 bridgehead atoms. The summed E-state index contributed by atoms with van der Waals surface area (Å²) in [6.07, 6.45) is 9.39. The second-order valence-electron chi connectivity index (χ2n) is 5.78. The average molecular weight is 307 g/mol. The summed E-state index contributed by atoms with van der Waals surface area (Å²) in [6.45, 7) is 1.70. The standard InChI is InChI=1S/C18H29NO3/c20-17-12-9-8-11-16(17)15-19-14-10-6-4-2-1-3-5-7-13-18(21)22/h8-9,11-12,19-20H,1-7,10,13-15H2,(H,21,22). The number of phenols is 1. The minimum Gasteiger partial charge on any atom is -0.508 e. The number of nitrogens with one attached hydrogen (secondary N) is 1. The molecule has 0 saturated heterocycles. The van der Waals surface area contributed by atoms with Crippen LogP contribution in [0.1, 0.15) is 63.4 Å². The molecule has 0 aliphatic carbocycles. The lowest BCUT2D eigenvalue weighted by Gasteiger charge is -2.06. The molecule has 4 nitrogen and oxygen atoms in total. The molecule has 1 rings (SSSR count). The van der Waals surface area contributed by atoms with Crippen LogP contribution < -0.4 is 5.32 Å². The number of aromatic hydroxyl groups is 1. The molecule has 0 saturated carbocycles. The van der Waals surface area contributed by atoms with Crippen molar-refractivity contribution in [2.45, 2.75) is 64.3 Å². The average Bonchev–Trinajstić information content (AvgIpc) is 2.49. The van der Waals surface area contributed by atoms with Crippen LogP contribution in [0.3, 0.4) is 0 Å². The van der Waals surface area contributed by atoms with E-state index in [-0.39, 0.29) is 0 Å². The van der Waals surface area contributed by atoms with Crippen molar-refractivity contribution < 1.29 is 15.0 Å². The van der Waals surface area contributed by atoms with Gasteiger partial charge >= 0.3 is 5.97 Å². The van der Waals surface area contributed by atoms with Crippen LogP contribution in [0.2, 0.25) is 0 Å². The molecule has 0 aliphatic rings. The second-order valence-corrected chi connectivity index (χ2v) is 5.78. The third kappa shape index (κ3) is 9.40. The maximum atomic E-state index is 10.3. The first-order valence-electron chi connectivity index (χ1n) is 8.39. The summed E-state index contributed by atoms with van der Waals surface area (Å²) in [5.41, 5.74) is 0.948. The minimum atomic E-state index is -0.684. The van der Waals surface area contributed by atoms with Gasteiger partial charge in [-0.05, 0) is 25.5 Å². The van der Waals surface area contributed by atoms with Crippen molar-refractivity contribution in [3.8, 4) is 5.75 Å². The number of rotatable bonds is 13. The SMILES string of the molecule is O=C(O)CCCCCCCCCCNCc1ccccc1O. The number of para-hydroxylation sites is 1. The van der Waals surface area contributed by atoms with E-state index in [1.807, 2.05) is 18.2 Å². The van der Waals surface area contributed by atoms with Gasteiger partial charge in [-0.3, -0.25) is 4.79 Å². The third-order valence-corrected chi connectivity index (χ3v) is 3.80. The highest BCUT2D eigenvalue weighted by Crippen LogP contribution is 2.15. The van der Waals surface area contributed by atoms with Gasteiger partial charge in [-0.15, -0.1) is 0 Å². The van der Waals surface area contributed by atoms with Crippen LogP contribution in [-0.4, -0.2) is 22.7 Å². The minimum absolute atomic E-state index is 0.308. The lowest BCUT2D eigenvalue weighted by Crippen LogP contribution is -2.14. The molecule has 0 spiro atoms. The van der Waals surface area contributed by atoms with Crippen LogP contribution in [0.25, 0.3) is 0 Å². The van der Waals surface area contributed by atoms with Gasteiger partial charge in [-0.1, -0.05) is 56.7 Å². The van der Waals surface area contributed by atoms with E-state index in [1.165, 1.54) is 25.7 Å². The number of carboxylic acids is 1. The normalized spacial score (nSPS) is 10.7. The Morgan fingerprint density at radius 3 is 2.14 bits per heavy atom. The first-order chi connectivity index (χ1) is 10.7. The fourth-order valence-electron chi connectivity index (χ4n) is 2.47. The van der Waals surface area contributed by atoms with E-state index < -0.39 is 5.97 Å². The summed E-state index contributed by atoms with van der Waals surface area (Å²) < 4.78 is 0. The topological polar surface area (TPSA) is 69.6 Å². The monoisotopic (exact) mass is 307 g/mol. The van der Waals surface area contributed by atoms with Crippen LogP contribution in [0.5, 0.6) is 5.75 Å². The Morgan fingerprint density at radius 2 is 1.50 bits per heavy atom. The van der Waals surface area contributed by atoms with Gasteiger partial charge in [0.05, 0.1) is 0 Å². The zero-order valence-corrected chi connectivity index (χ0v) is 13.4. The Kier molecular flexibility index (Phi) is 10.1. The van der Waals surface area contributed by atoms with E-state index in [1.54, 1.807) is 6.07 Å². The van der Waals surface area contributed by atoms with Crippen LogP contribution >= 0.6 is 0 Å². The van der Waals surface area contributed by atoms with Crippen molar-refractivity contribution >= 4 is 5.97 Å². The van der Waals surface area contributed by atoms with E-state index >= 15 is 0 Å². The van der Waals surface area contributed by atoms with Crippen molar-refractivity contribution in [1.82, 2.24) is 5.32 Å².